The van der Waals surface area contributed by atoms with Gasteiger partial charge in [-0.25, -0.2) is 4.98 Å². The number of hydrogen-bond donors (Lipinski definition) is 1. The summed E-state index contributed by atoms with van der Waals surface area (Å²) in [5, 5.41) is 3.05. The summed E-state index contributed by atoms with van der Waals surface area (Å²) in [6.07, 6.45) is -0.434. The Bertz CT molecular complexity index is 582. The van der Waals surface area contributed by atoms with Crippen molar-refractivity contribution in [2.45, 2.75) is 19.5 Å². The van der Waals surface area contributed by atoms with Crippen LogP contribution in [0.4, 0.5) is 19.0 Å². The maximum absolute atomic E-state index is 12.7. The molecule has 0 spiro atoms. The summed E-state index contributed by atoms with van der Waals surface area (Å²) >= 11 is 0. The smallest absolute Gasteiger partial charge is 0.369 e. The predicted octanol–water partition coefficient (Wildman–Crippen LogP) is 3.98. The molecule has 2 aromatic rings. The van der Waals surface area contributed by atoms with Crippen LogP contribution in [0.2, 0.25) is 0 Å². The molecular formula is C14H14F3N3. The molecule has 3 nitrogen and oxygen atoms in total. The molecule has 0 aliphatic carbocycles. The molecule has 0 aliphatic heterocycles. The fourth-order valence-corrected chi connectivity index (χ4v) is 1.70. The van der Waals surface area contributed by atoms with Gasteiger partial charge in [0.15, 0.2) is 0 Å². The quantitative estimate of drug-likeness (QED) is 0.921. The number of aromatic nitrogens is 2. The van der Waals surface area contributed by atoms with Crippen LogP contribution < -0.4 is 5.32 Å². The number of benzene rings is 1. The molecule has 0 saturated carbocycles. The Kier molecular flexibility index (Phi) is 4.22. The number of anilines is 1. The first-order valence-electron chi connectivity index (χ1n) is 6.24. The van der Waals surface area contributed by atoms with Crippen molar-refractivity contribution in [2.24, 2.45) is 0 Å². The maximum atomic E-state index is 12.7. The molecule has 0 amide bonds. The second kappa shape index (κ2) is 5.90. The molecule has 0 unspecified atom stereocenters. The zero-order valence-electron chi connectivity index (χ0n) is 10.9. The van der Waals surface area contributed by atoms with Crippen LogP contribution in [0.25, 0.3) is 11.3 Å². The van der Waals surface area contributed by atoms with Gasteiger partial charge in [-0.15, -0.1) is 0 Å². The predicted molar refractivity (Wildman–Crippen MR) is 71.3 cm³/mol. The topological polar surface area (TPSA) is 37.8 Å². The molecule has 1 aromatic carbocycles. The Morgan fingerprint density at radius 2 is 2.00 bits per heavy atom. The third-order valence-corrected chi connectivity index (χ3v) is 2.68. The summed E-state index contributed by atoms with van der Waals surface area (Å²) < 4.78 is 38.0. The summed E-state index contributed by atoms with van der Waals surface area (Å²) in [6.45, 7) is 2.75. The molecule has 0 aliphatic rings. The summed E-state index contributed by atoms with van der Waals surface area (Å²) in [4.78, 5) is 8.26. The van der Waals surface area contributed by atoms with E-state index in [1.807, 2.05) is 6.92 Å². The Morgan fingerprint density at radius 1 is 1.20 bits per heavy atom. The van der Waals surface area contributed by atoms with E-state index in [0.717, 1.165) is 25.1 Å². The van der Waals surface area contributed by atoms with Gasteiger partial charge in [-0.2, -0.15) is 13.2 Å². The van der Waals surface area contributed by atoms with Crippen molar-refractivity contribution in [3.63, 3.8) is 0 Å². The Hall–Kier alpha value is -2.11. The third-order valence-electron chi connectivity index (χ3n) is 2.68. The first-order chi connectivity index (χ1) is 9.50. The summed E-state index contributed by atoms with van der Waals surface area (Å²) in [7, 11) is 0. The number of nitrogens with zero attached hydrogens (tertiary/aromatic N) is 2. The number of hydrogen-bond acceptors (Lipinski definition) is 3. The lowest BCUT2D eigenvalue weighted by molar-refractivity contribution is -0.137. The highest BCUT2D eigenvalue weighted by Gasteiger charge is 2.30. The standard InChI is InChI=1S/C14H14F3N3/c1-2-6-19-13-9-18-8-12(20-13)10-4-3-5-11(7-10)14(15,16)17/h3-5,7-9H,2,6H2,1H3,(H,19,20). The van der Waals surface area contributed by atoms with Gasteiger partial charge in [0.05, 0.1) is 23.7 Å². The largest absolute Gasteiger partial charge is 0.416 e. The van der Waals surface area contributed by atoms with Crippen LogP contribution in [0.5, 0.6) is 0 Å². The van der Waals surface area contributed by atoms with Crippen molar-refractivity contribution in [1.82, 2.24) is 9.97 Å². The first-order valence-corrected chi connectivity index (χ1v) is 6.24. The number of rotatable bonds is 4. The molecular weight excluding hydrogens is 267 g/mol. The lowest BCUT2D eigenvalue weighted by atomic mass is 10.1. The van der Waals surface area contributed by atoms with E-state index in [1.165, 1.54) is 12.3 Å². The molecule has 2 rings (SSSR count). The second-order valence-electron chi connectivity index (χ2n) is 4.29. The highest BCUT2D eigenvalue weighted by Crippen LogP contribution is 2.31. The fraction of sp³-hybridized carbons (Fsp3) is 0.286. The van der Waals surface area contributed by atoms with Crippen LogP contribution in [0.1, 0.15) is 18.9 Å². The van der Waals surface area contributed by atoms with Gasteiger partial charge in [-0.1, -0.05) is 19.1 Å². The summed E-state index contributed by atoms with van der Waals surface area (Å²) in [6, 6.07) is 5.07. The molecule has 0 saturated heterocycles. The second-order valence-corrected chi connectivity index (χ2v) is 4.29. The zero-order valence-corrected chi connectivity index (χ0v) is 10.9. The minimum atomic E-state index is -4.36. The van der Waals surface area contributed by atoms with E-state index in [9.17, 15) is 13.2 Å². The Morgan fingerprint density at radius 3 is 2.70 bits per heavy atom. The highest BCUT2D eigenvalue weighted by molar-refractivity contribution is 5.61. The van der Waals surface area contributed by atoms with E-state index in [4.69, 9.17) is 0 Å². The molecule has 0 fully saturated rings. The van der Waals surface area contributed by atoms with Crippen LogP contribution in [-0.2, 0) is 6.18 Å². The van der Waals surface area contributed by atoms with E-state index < -0.39 is 11.7 Å². The third kappa shape index (κ3) is 3.46. The number of halogens is 3. The SMILES string of the molecule is CCCNc1cncc(-c2cccc(C(F)(F)F)c2)n1. The van der Waals surface area contributed by atoms with Crippen molar-refractivity contribution in [3.8, 4) is 11.3 Å². The summed E-state index contributed by atoms with van der Waals surface area (Å²) in [5.41, 5.74) is 0.119. The molecule has 1 aromatic heterocycles. The molecule has 6 heteroatoms. The normalized spacial score (nSPS) is 11.4. The van der Waals surface area contributed by atoms with Gasteiger partial charge in [0.2, 0.25) is 0 Å². The van der Waals surface area contributed by atoms with Gasteiger partial charge in [-0.3, -0.25) is 4.98 Å². The minimum absolute atomic E-state index is 0.396. The maximum Gasteiger partial charge on any atom is 0.416 e. The Balaban J connectivity index is 2.32. The number of alkyl halides is 3. The highest BCUT2D eigenvalue weighted by atomic mass is 19.4. The van der Waals surface area contributed by atoms with E-state index in [2.05, 4.69) is 15.3 Å². The van der Waals surface area contributed by atoms with Gasteiger partial charge in [-0.05, 0) is 18.6 Å². The fourth-order valence-electron chi connectivity index (χ4n) is 1.70. The molecule has 20 heavy (non-hydrogen) atoms. The van der Waals surface area contributed by atoms with Gasteiger partial charge in [0.25, 0.3) is 0 Å². The Labute approximate surface area is 114 Å². The van der Waals surface area contributed by atoms with Crippen molar-refractivity contribution in [2.75, 3.05) is 11.9 Å². The number of nitrogens with one attached hydrogen (secondary N) is 1. The average molecular weight is 281 g/mol. The molecule has 0 radical (unpaired) electrons. The monoisotopic (exact) mass is 281 g/mol. The lowest BCUT2D eigenvalue weighted by Gasteiger charge is -2.09. The molecule has 1 N–H and O–H groups in total. The van der Waals surface area contributed by atoms with Crippen molar-refractivity contribution >= 4 is 5.82 Å². The summed E-state index contributed by atoms with van der Waals surface area (Å²) in [5.74, 6) is 0.557. The molecule has 0 bridgehead atoms. The van der Waals surface area contributed by atoms with Crippen LogP contribution >= 0.6 is 0 Å². The first kappa shape index (κ1) is 14.3. The van der Waals surface area contributed by atoms with Crippen LogP contribution in [0.15, 0.2) is 36.7 Å². The van der Waals surface area contributed by atoms with E-state index >= 15 is 0 Å². The molecule has 106 valence electrons. The van der Waals surface area contributed by atoms with Gasteiger partial charge < -0.3 is 5.32 Å². The van der Waals surface area contributed by atoms with Crippen molar-refractivity contribution < 1.29 is 13.2 Å². The molecule has 1 heterocycles. The molecule has 0 atom stereocenters. The van der Waals surface area contributed by atoms with Crippen LogP contribution in [0.3, 0.4) is 0 Å². The average Bonchev–Trinajstić information content (AvgIpc) is 2.45. The van der Waals surface area contributed by atoms with Crippen LogP contribution in [0, 0.1) is 0 Å². The van der Waals surface area contributed by atoms with Crippen molar-refractivity contribution in [1.29, 1.82) is 0 Å². The van der Waals surface area contributed by atoms with E-state index in [-0.39, 0.29) is 0 Å². The van der Waals surface area contributed by atoms with Gasteiger partial charge in [0.1, 0.15) is 5.82 Å². The van der Waals surface area contributed by atoms with Gasteiger partial charge >= 0.3 is 6.18 Å². The van der Waals surface area contributed by atoms with Gasteiger partial charge in [0, 0.05) is 12.1 Å². The van der Waals surface area contributed by atoms with Crippen LogP contribution in [-0.4, -0.2) is 16.5 Å². The van der Waals surface area contributed by atoms with E-state index in [0.29, 0.717) is 17.1 Å². The zero-order chi connectivity index (χ0) is 14.6. The lowest BCUT2D eigenvalue weighted by Crippen LogP contribution is -2.05. The van der Waals surface area contributed by atoms with E-state index in [1.54, 1.807) is 12.3 Å². The minimum Gasteiger partial charge on any atom is -0.369 e. The van der Waals surface area contributed by atoms with Crippen molar-refractivity contribution in [3.05, 3.63) is 42.2 Å².